The van der Waals surface area contributed by atoms with E-state index in [2.05, 4.69) is 24.8 Å². The van der Waals surface area contributed by atoms with Gasteiger partial charge in [0.05, 0.1) is 0 Å². The van der Waals surface area contributed by atoms with E-state index < -0.39 is 0 Å². The first-order chi connectivity index (χ1) is 6.79. The van der Waals surface area contributed by atoms with Gasteiger partial charge >= 0.3 is 0 Å². The Hall–Kier alpha value is -0.460. The van der Waals surface area contributed by atoms with Gasteiger partial charge in [0.25, 0.3) is 0 Å². The van der Waals surface area contributed by atoms with Gasteiger partial charge in [-0.1, -0.05) is 19.9 Å². The largest absolute Gasteiger partial charge is 0.372 e. The first kappa shape index (κ1) is 10.1. The number of likely N-dealkylation sites (tertiary alicyclic amines) is 1. The molecule has 0 aromatic carbocycles. The molecule has 0 spiro atoms. The molecule has 2 aliphatic rings. The smallest absolute Gasteiger partial charge is 0.0310 e. The third-order valence-electron chi connectivity index (χ3n) is 3.70. The third-order valence-corrected chi connectivity index (χ3v) is 3.70. The Balaban J connectivity index is 2.04. The van der Waals surface area contributed by atoms with Gasteiger partial charge in [0.15, 0.2) is 0 Å². The van der Waals surface area contributed by atoms with E-state index in [9.17, 15) is 0 Å². The Bertz CT molecular complexity index is 217. The van der Waals surface area contributed by atoms with Crippen molar-refractivity contribution >= 4 is 0 Å². The molecular formula is C13H23N. The van der Waals surface area contributed by atoms with E-state index in [1.165, 1.54) is 45.1 Å². The van der Waals surface area contributed by atoms with Gasteiger partial charge in [-0.15, -0.1) is 0 Å². The SMILES string of the molecule is CC(C)[C@@H]1CCCN1C1=CCCCC1. The van der Waals surface area contributed by atoms with Crippen molar-refractivity contribution in [2.24, 2.45) is 5.92 Å². The summed E-state index contributed by atoms with van der Waals surface area (Å²) < 4.78 is 0. The van der Waals surface area contributed by atoms with Crippen LogP contribution in [0.15, 0.2) is 11.8 Å². The molecule has 0 unspecified atom stereocenters. The summed E-state index contributed by atoms with van der Waals surface area (Å²) in [4.78, 5) is 2.70. The van der Waals surface area contributed by atoms with Gasteiger partial charge in [0.1, 0.15) is 0 Å². The lowest BCUT2D eigenvalue weighted by atomic mass is 9.98. The van der Waals surface area contributed by atoms with Crippen molar-refractivity contribution in [1.82, 2.24) is 4.90 Å². The van der Waals surface area contributed by atoms with Crippen LogP contribution in [-0.4, -0.2) is 17.5 Å². The van der Waals surface area contributed by atoms with Crippen molar-refractivity contribution < 1.29 is 0 Å². The highest BCUT2D eigenvalue weighted by Crippen LogP contribution is 2.31. The Morgan fingerprint density at radius 2 is 2.14 bits per heavy atom. The van der Waals surface area contributed by atoms with E-state index in [4.69, 9.17) is 0 Å². The Labute approximate surface area is 88.2 Å². The van der Waals surface area contributed by atoms with E-state index in [1.54, 1.807) is 5.70 Å². The number of allylic oxidation sites excluding steroid dienone is 2. The zero-order valence-corrected chi connectivity index (χ0v) is 9.63. The molecule has 1 aliphatic heterocycles. The van der Waals surface area contributed by atoms with Crippen molar-refractivity contribution in [3.8, 4) is 0 Å². The fraction of sp³-hybridized carbons (Fsp3) is 0.846. The normalized spacial score (nSPS) is 28.4. The molecule has 1 heterocycles. The standard InChI is InChI=1S/C13H23N/c1-11(2)13-9-6-10-14(13)12-7-4-3-5-8-12/h7,11,13H,3-6,8-10H2,1-2H3/t13-/m0/s1. The average molecular weight is 193 g/mol. The molecule has 2 rings (SSSR count). The van der Waals surface area contributed by atoms with Crippen LogP contribution >= 0.6 is 0 Å². The lowest BCUT2D eigenvalue weighted by Gasteiger charge is -2.33. The van der Waals surface area contributed by atoms with Crippen LogP contribution in [0.5, 0.6) is 0 Å². The van der Waals surface area contributed by atoms with Crippen molar-refractivity contribution in [3.05, 3.63) is 11.8 Å². The predicted molar refractivity (Wildman–Crippen MR) is 61.1 cm³/mol. The van der Waals surface area contributed by atoms with Crippen LogP contribution < -0.4 is 0 Å². The number of hydrogen-bond acceptors (Lipinski definition) is 1. The van der Waals surface area contributed by atoms with Crippen LogP contribution in [0.25, 0.3) is 0 Å². The molecule has 0 N–H and O–H groups in total. The highest BCUT2D eigenvalue weighted by atomic mass is 15.2. The van der Waals surface area contributed by atoms with E-state index in [-0.39, 0.29) is 0 Å². The van der Waals surface area contributed by atoms with Gasteiger partial charge < -0.3 is 4.90 Å². The molecule has 1 aliphatic carbocycles. The molecule has 0 radical (unpaired) electrons. The van der Waals surface area contributed by atoms with Crippen molar-refractivity contribution in [1.29, 1.82) is 0 Å². The number of rotatable bonds is 2. The fourth-order valence-electron chi connectivity index (χ4n) is 2.92. The van der Waals surface area contributed by atoms with E-state index in [1.807, 2.05) is 0 Å². The van der Waals surface area contributed by atoms with E-state index in [0.717, 1.165) is 12.0 Å². The second-order valence-corrected chi connectivity index (χ2v) is 5.09. The predicted octanol–water partition coefficient (Wildman–Crippen LogP) is 3.56. The lowest BCUT2D eigenvalue weighted by molar-refractivity contribution is 0.246. The molecule has 0 amide bonds. The third kappa shape index (κ3) is 1.97. The molecule has 0 aromatic heterocycles. The average Bonchev–Trinajstić information content (AvgIpc) is 2.67. The highest BCUT2D eigenvalue weighted by molar-refractivity contribution is 5.08. The van der Waals surface area contributed by atoms with Gasteiger partial charge in [-0.25, -0.2) is 0 Å². The number of hydrogen-bond donors (Lipinski definition) is 0. The zero-order valence-electron chi connectivity index (χ0n) is 9.63. The molecule has 1 atom stereocenters. The Morgan fingerprint density at radius 3 is 2.79 bits per heavy atom. The monoisotopic (exact) mass is 193 g/mol. The Morgan fingerprint density at radius 1 is 1.29 bits per heavy atom. The molecule has 0 bridgehead atoms. The van der Waals surface area contributed by atoms with Crippen LogP contribution in [0.2, 0.25) is 0 Å². The van der Waals surface area contributed by atoms with Gasteiger partial charge in [-0.2, -0.15) is 0 Å². The molecule has 1 heteroatoms. The molecule has 80 valence electrons. The first-order valence-corrected chi connectivity index (χ1v) is 6.24. The summed E-state index contributed by atoms with van der Waals surface area (Å²) in [7, 11) is 0. The maximum Gasteiger partial charge on any atom is 0.0310 e. The number of nitrogens with zero attached hydrogens (tertiary/aromatic N) is 1. The minimum absolute atomic E-state index is 0.820. The summed E-state index contributed by atoms with van der Waals surface area (Å²) in [5.74, 6) is 0.820. The molecule has 1 fully saturated rings. The molecule has 14 heavy (non-hydrogen) atoms. The van der Waals surface area contributed by atoms with E-state index >= 15 is 0 Å². The van der Waals surface area contributed by atoms with Crippen LogP contribution in [0.1, 0.15) is 52.4 Å². The summed E-state index contributed by atoms with van der Waals surface area (Å²) >= 11 is 0. The molecule has 1 nitrogen and oxygen atoms in total. The second kappa shape index (κ2) is 4.37. The van der Waals surface area contributed by atoms with Crippen LogP contribution in [-0.2, 0) is 0 Å². The van der Waals surface area contributed by atoms with E-state index in [0.29, 0.717) is 0 Å². The van der Waals surface area contributed by atoms with Gasteiger partial charge in [-0.3, -0.25) is 0 Å². The quantitative estimate of drug-likeness (QED) is 0.648. The van der Waals surface area contributed by atoms with Gasteiger partial charge in [0.2, 0.25) is 0 Å². The van der Waals surface area contributed by atoms with Gasteiger partial charge in [0, 0.05) is 18.3 Å². The van der Waals surface area contributed by atoms with Crippen molar-refractivity contribution in [2.45, 2.75) is 58.4 Å². The topological polar surface area (TPSA) is 3.24 Å². The zero-order chi connectivity index (χ0) is 9.97. The molecule has 0 saturated carbocycles. The van der Waals surface area contributed by atoms with Crippen molar-refractivity contribution in [2.75, 3.05) is 6.54 Å². The lowest BCUT2D eigenvalue weighted by Crippen LogP contribution is -2.33. The van der Waals surface area contributed by atoms with Crippen LogP contribution in [0, 0.1) is 5.92 Å². The summed E-state index contributed by atoms with van der Waals surface area (Å²) in [5.41, 5.74) is 1.66. The highest BCUT2D eigenvalue weighted by Gasteiger charge is 2.28. The summed E-state index contributed by atoms with van der Waals surface area (Å²) in [6, 6.07) is 0.833. The minimum Gasteiger partial charge on any atom is -0.372 e. The van der Waals surface area contributed by atoms with Gasteiger partial charge in [-0.05, 0) is 44.4 Å². The molecular weight excluding hydrogens is 170 g/mol. The van der Waals surface area contributed by atoms with Crippen LogP contribution in [0.3, 0.4) is 0 Å². The molecule has 0 aromatic rings. The van der Waals surface area contributed by atoms with Crippen molar-refractivity contribution in [3.63, 3.8) is 0 Å². The maximum atomic E-state index is 2.70. The first-order valence-electron chi connectivity index (χ1n) is 6.24. The second-order valence-electron chi connectivity index (χ2n) is 5.09. The summed E-state index contributed by atoms with van der Waals surface area (Å²) in [6.07, 6.45) is 10.8. The minimum atomic E-state index is 0.820. The maximum absolute atomic E-state index is 2.70. The summed E-state index contributed by atoms with van der Waals surface area (Å²) in [6.45, 7) is 6.05. The Kier molecular flexibility index (Phi) is 3.15. The summed E-state index contributed by atoms with van der Waals surface area (Å²) in [5, 5.41) is 0. The van der Waals surface area contributed by atoms with Crippen LogP contribution in [0.4, 0.5) is 0 Å². The fourth-order valence-corrected chi connectivity index (χ4v) is 2.92. The molecule has 1 saturated heterocycles.